The fourth-order valence-electron chi connectivity index (χ4n) is 3.47. The summed E-state index contributed by atoms with van der Waals surface area (Å²) in [5.74, 6) is 1.50. The molecule has 1 aromatic carbocycles. The van der Waals surface area contributed by atoms with E-state index in [1.54, 1.807) is 0 Å². The van der Waals surface area contributed by atoms with E-state index in [1.165, 1.54) is 5.69 Å². The minimum Gasteiger partial charge on any atom is -0.454 e. The minimum atomic E-state index is -0.0173. The summed E-state index contributed by atoms with van der Waals surface area (Å²) >= 11 is 0. The Bertz CT molecular complexity index is 756. The van der Waals surface area contributed by atoms with Gasteiger partial charge in [0.15, 0.2) is 11.5 Å². The Morgan fingerprint density at radius 3 is 3.00 bits per heavy atom. The lowest BCUT2D eigenvalue weighted by molar-refractivity contribution is 0.174. The summed E-state index contributed by atoms with van der Waals surface area (Å²) in [6.45, 7) is 1.53. The number of carbonyl (C=O) groups excluding carboxylic acids is 1. The third-order valence-electron chi connectivity index (χ3n) is 4.72. The van der Waals surface area contributed by atoms with Crippen LogP contribution in [-0.4, -0.2) is 28.8 Å². The van der Waals surface area contributed by atoms with E-state index >= 15 is 0 Å². The Labute approximate surface area is 141 Å². The van der Waals surface area contributed by atoms with Crippen LogP contribution >= 0.6 is 0 Å². The number of nitrogens with one attached hydrogen (secondary N) is 1. The van der Waals surface area contributed by atoms with Crippen molar-refractivity contribution in [2.75, 3.05) is 13.3 Å². The van der Waals surface area contributed by atoms with Crippen LogP contribution in [0.15, 0.2) is 36.5 Å². The lowest BCUT2D eigenvalue weighted by Gasteiger charge is -2.25. The van der Waals surface area contributed by atoms with Crippen molar-refractivity contribution in [1.29, 1.82) is 0 Å². The van der Waals surface area contributed by atoms with Crippen LogP contribution in [-0.2, 0) is 13.6 Å². The van der Waals surface area contributed by atoms with Gasteiger partial charge in [-0.15, -0.1) is 0 Å². The topological polar surface area (TPSA) is 55.7 Å². The highest BCUT2D eigenvalue weighted by Crippen LogP contribution is 2.33. The number of likely N-dealkylation sites (tertiary alicyclic amines) is 1. The molecule has 24 heavy (non-hydrogen) atoms. The van der Waals surface area contributed by atoms with Gasteiger partial charge in [0.05, 0.1) is 6.04 Å². The number of aromatic nitrogens is 1. The van der Waals surface area contributed by atoms with Gasteiger partial charge in [0.25, 0.3) is 0 Å². The molecule has 1 aromatic heterocycles. The molecule has 6 nitrogen and oxygen atoms in total. The second-order valence-corrected chi connectivity index (χ2v) is 6.24. The summed E-state index contributed by atoms with van der Waals surface area (Å²) in [5, 5.41) is 3.02. The van der Waals surface area contributed by atoms with Crippen LogP contribution in [0.5, 0.6) is 11.5 Å². The molecule has 0 bridgehead atoms. The Morgan fingerprint density at radius 1 is 1.29 bits per heavy atom. The summed E-state index contributed by atoms with van der Waals surface area (Å²) < 4.78 is 12.8. The van der Waals surface area contributed by atoms with Gasteiger partial charge in [0.1, 0.15) is 0 Å². The molecule has 1 N–H and O–H groups in total. The third-order valence-corrected chi connectivity index (χ3v) is 4.72. The maximum absolute atomic E-state index is 12.6. The SMILES string of the molecule is Cn1cccc1C1CCCN1C(=O)NCc1ccc2c(c1)OCO2. The van der Waals surface area contributed by atoms with E-state index < -0.39 is 0 Å². The van der Waals surface area contributed by atoms with Crippen LogP contribution in [0.2, 0.25) is 0 Å². The van der Waals surface area contributed by atoms with Crippen LogP contribution in [0.4, 0.5) is 4.79 Å². The maximum atomic E-state index is 12.6. The molecular formula is C18H21N3O3. The number of ether oxygens (including phenoxy) is 2. The number of hydrogen-bond acceptors (Lipinski definition) is 3. The zero-order valence-electron chi connectivity index (χ0n) is 13.7. The largest absolute Gasteiger partial charge is 0.454 e. The van der Waals surface area contributed by atoms with E-state index in [-0.39, 0.29) is 18.9 Å². The summed E-state index contributed by atoms with van der Waals surface area (Å²) in [6.07, 6.45) is 4.07. The number of nitrogens with zero attached hydrogens (tertiary/aromatic N) is 2. The smallest absolute Gasteiger partial charge is 0.318 e. The quantitative estimate of drug-likeness (QED) is 0.943. The molecule has 0 saturated carbocycles. The van der Waals surface area contributed by atoms with Gasteiger partial charge >= 0.3 is 6.03 Å². The number of hydrogen-bond donors (Lipinski definition) is 1. The summed E-state index contributed by atoms with van der Waals surface area (Å²) in [5.41, 5.74) is 2.19. The first kappa shape index (κ1) is 14.9. The molecule has 6 heteroatoms. The van der Waals surface area contributed by atoms with Crippen LogP contribution in [0, 0.1) is 0 Å². The molecule has 0 aliphatic carbocycles. The molecule has 0 radical (unpaired) electrons. The normalized spacial score (nSPS) is 18.9. The molecule has 2 aliphatic rings. The highest BCUT2D eigenvalue weighted by molar-refractivity contribution is 5.75. The molecule has 1 saturated heterocycles. The zero-order valence-corrected chi connectivity index (χ0v) is 13.7. The van der Waals surface area contributed by atoms with Crippen LogP contribution in [0.1, 0.15) is 30.1 Å². The van der Waals surface area contributed by atoms with Crippen molar-refractivity contribution in [2.45, 2.75) is 25.4 Å². The van der Waals surface area contributed by atoms with E-state index in [1.807, 2.05) is 42.4 Å². The Kier molecular flexibility index (Phi) is 3.80. The van der Waals surface area contributed by atoms with Gasteiger partial charge in [-0.25, -0.2) is 4.79 Å². The van der Waals surface area contributed by atoms with E-state index in [4.69, 9.17) is 9.47 Å². The Morgan fingerprint density at radius 2 is 2.17 bits per heavy atom. The Hall–Kier alpha value is -2.63. The van der Waals surface area contributed by atoms with Crippen molar-refractivity contribution in [3.05, 3.63) is 47.8 Å². The van der Waals surface area contributed by atoms with Crippen molar-refractivity contribution < 1.29 is 14.3 Å². The van der Waals surface area contributed by atoms with Gasteiger partial charge in [0.2, 0.25) is 6.79 Å². The number of rotatable bonds is 3. The standard InChI is InChI=1S/C18H21N3O3/c1-20-8-2-4-14(20)15-5-3-9-21(15)18(22)19-11-13-6-7-16-17(10-13)24-12-23-16/h2,4,6-8,10,15H,3,5,9,11-12H2,1H3,(H,19,22). The van der Waals surface area contributed by atoms with Gasteiger partial charge in [-0.2, -0.15) is 0 Å². The second-order valence-electron chi connectivity index (χ2n) is 6.24. The van der Waals surface area contributed by atoms with Crippen molar-refractivity contribution in [3.8, 4) is 11.5 Å². The average molecular weight is 327 g/mol. The average Bonchev–Trinajstić information content (AvgIpc) is 3.31. The molecule has 0 spiro atoms. The van der Waals surface area contributed by atoms with Crippen molar-refractivity contribution in [3.63, 3.8) is 0 Å². The van der Waals surface area contributed by atoms with E-state index in [0.29, 0.717) is 6.54 Å². The van der Waals surface area contributed by atoms with Crippen LogP contribution < -0.4 is 14.8 Å². The maximum Gasteiger partial charge on any atom is 0.318 e. The highest BCUT2D eigenvalue weighted by Gasteiger charge is 2.31. The Balaban J connectivity index is 1.41. The van der Waals surface area contributed by atoms with Gasteiger partial charge in [-0.1, -0.05) is 6.07 Å². The number of benzene rings is 1. The number of carbonyl (C=O) groups is 1. The molecule has 3 heterocycles. The number of urea groups is 1. The lowest BCUT2D eigenvalue weighted by atomic mass is 10.1. The second kappa shape index (κ2) is 6.11. The molecule has 2 aliphatic heterocycles. The molecule has 4 rings (SSSR count). The molecule has 2 aromatic rings. The molecule has 2 amide bonds. The van der Waals surface area contributed by atoms with Crippen LogP contribution in [0.25, 0.3) is 0 Å². The number of fused-ring (bicyclic) bond motifs is 1. The zero-order chi connectivity index (χ0) is 16.5. The first-order chi connectivity index (χ1) is 11.7. The van der Waals surface area contributed by atoms with Gasteiger partial charge in [-0.3, -0.25) is 0 Å². The summed E-state index contributed by atoms with van der Waals surface area (Å²) in [6, 6.07) is 10.0. The fourth-order valence-corrected chi connectivity index (χ4v) is 3.47. The minimum absolute atomic E-state index is 0.0173. The van der Waals surface area contributed by atoms with Crippen LogP contribution in [0.3, 0.4) is 0 Å². The first-order valence-electron chi connectivity index (χ1n) is 8.26. The summed E-state index contributed by atoms with van der Waals surface area (Å²) in [4.78, 5) is 14.6. The highest BCUT2D eigenvalue weighted by atomic mass is 16.7. The lowest BCUT2D eigenvalue weighted by Crippen LogP contribution is -2.39. The molecule has 1 atom stereocenters. The van der Waals surface area contributed by atoms with Crippen molar-refractivity contribution >= 4 is 6.03 Å². The third kappa shape index (κ3) is 2.68. The number of amides is 2. The predicted octanol–water partition coefficient (Wildman–Crippen LogP) is 2.80. The van der Waals surface area contributed by atoms with Crippen molar-refractivity contribution in [2.24, 2.45) is 7.05 Å². The molecule has 1 unspecified atom stereocenters. The van der Waals surface area contributed by atoms with Gasteiger partial charge in [0, 0.05) is 32.0 Å². The monoisotopic (exact) mass is 327 g/mol. The van der Waals surface area contributed by atoms with Crippen molar-refractivity contribution in [1.82, 2.24) is 14.8 Å². The number of aryl methyl sites for hydroxylation is 1. The fraction of sp³-hybridized carbons (Fsp3) is 0.389. The summed E-state index contributed by atoms with van der Waals surface area (Å²) in [7, 11) is 2.02. The predicted molar refractivity (Wildman–Crippen MR) is 88.9 cm³/mol. The van der Waals surface area contributed by atoms with E-state index in [2.05, 4.69) is 16.0 Å². The molecule has 126 valence electrons. The van der Waals surface area contributed by atoms with Gasteiger partial charge in [-0.05, 0) is 42.7 Å². The van der Waals surface area contributed by atoms with Gasteiger partial charge < -0.3 is 24.3 Å². The van der Waals surface area contributed by atoms with E-state index in [9.17, 15) is 4.79 Å². The van der Waals surface area contributed by atoms with E-state index in [0.717, 1.165) is 36.4 Å². The molecular weight excluding hydrogens is 306 g/mol. The molecule has 1 fully saturated rings. The first-order valence-corrected chi connectivity index (χ1v) is 8.26.